The van der Waals surface area contributed by atoms with Gasteiger partial charge in [0.05, 0.1) is 0 Å². The van der Waals surface area contributed by atoms with Crippen LogP contribution in [0, 0.1) is 0 Å². The van der Waals surface area contributed by atoms with E-state index in [1.807, 2.05) is 0 Å². The fraction of sp³-hybridized carbons (Fsp3) is 0.625. The highest BCUT2D eigenvalue weighted by molar-refractivity contribution is 5.84. The first-order valence-electron chi connectivity index (χ1n) is 4.51. The van der Waals surface area contributed by atoms with Crippen molar-refractivity contribution in [1.29, 1.82) is 0 Å². The van der Waals surface area contributed by atoms with Gasteiger partial charge in [0, 0.05) is 19.5 Å². The molecule has 1 aliphatic rings. The molecule has 0 aromatic rings. The number of aliphatic carboxylic acids is 2. The van der Waals surface area contributed by atoms with E-state index in [9.17, 15) is 14.4 Å². The highest BCUT2D eigenvalue weighted by atomic mass is 16.4. The Balaban J connectivity index is 2.61. The first kappa shape index (κ1) is 11.3. The Bertz CT molecular complexity index is 291. The fourth-order valence-corrected chi connectivity index (χ4v) is 1.46. The number of nitrogens with one attached hydrogen (secondary N) is 1. The number of urea groups is 1. The van der Waals surface area contributed by atoms with Gasteiger partial charge in [0.25, 0.3) is 0 Å². The molecule has 1 unspecified atom stereocenters. The van der Waals surface area contributed by atoms with Gasteiger partial charge in [-0.1, -0.05) is 0 Å². The van der Waals surface area contributed by atoms with Crippen molar-refractivity contribution in [2.45, 2.75) is 18.9 Å². The fourth-order valence-electron chi connectivity index (χ4n) is 1.46. The van der Waals surface area contributed by atoms with Crippen molar-refractivity contribution in [2.75, 3.05) is 13.1 Å². The summed E-state index contributed by atoms with van der Waals surface area (Å²) in [5.41, 5.74) is 0. The van der Waals surface area contributed by atoms with Crippen LogP contribution in [0.3, 0.4) is 0 Å². The van der Waals surface area contributed by atoms with Crippen LogP contribution in [0.15, 0.2) is 0 Å². The quantitative estimate of drug-likeness (QED) is 0.565. The molecule has 0 aromatic heterocycles. The number of hydrogen-bond donors (Lipinski definition) is 3. The van der Waals surface area contributed by atoms with E-state index in [0.29, 0.717) is 13.1 Å². The summed E-state index contributed by atoms with van der Waals surface area (Å²) in [6.45, 7) is 0.700. The van der Waals surface area contributed by atoms with Gasteiger partial charge in [0.15, 0.2) is 0 Å². The predicted octanol–water partition coefficient (Wildman–Crippen LogP) is -0.670. The lowest BCUT2D eigenvalue weighted by Gasteiger charge is -2.22. The number of carbonyl (C=O) groups excluding carboxylic acids is 1. The molecule has 1 atom stereocenters. The zero-order valence-corrected chi connectivity index (χ0v) is 7.97. The number of hydrogen-bond acceptors (Lipinski definition) is 3. The Labute approximate surface area is 85.7 Å². The summed E-state index contributed by atoms with van der Waals surface area (Å²) >= 11 is 0. The Morgan fingerprint density at radius 3 is 2.53 bits per heavy atom. The highest BCUT2D eigenvalue weighted by Crippen LogP contribution is 2.10. The third-order valence-corrected chi connectivity index (χ3v) is 2.18. The molecule has 0 radical (unpaired) electrons. The summed E-state index contributed by atoms with van der Waals surface area (Å²) in [6, 6.07) is -1.50. The van der Waals surface area contributed by atoms with Gasteiger partial charge in [-0.15, -0.1) is 0 Å². The third kappa shape index (κ3) is 2.83. The number of rotatable bonds is 5. The number of carboxylic acids is 2. The molecule has 1 rings (SSSR count). The lowest BCUT2D eigenvalue weighted by molar-refractivity contribution is -0.143. The summed E-state index contributed by atoms with van der Waals surface area (Å²) in [5.74, 6) is -2.24. The van der Waals surface area contributed by atoms with Crippen LogP contribution in [-0.4, -0.2) is 52.2 Å². The minimum absolute atomic E-state index is 0.0713. The molecule has 7 nitrogen and oxygen atoms in total. The smallest absolute Gasteiger partial charge is 0.326 e. The maximum absolute atomic E-state index is 11.2. The Morgan fingerprint density at radius 2 is 2.13 bits per heavy atom. The molecular weight excluding hydrogens is 204 g/mol. The number of amides is 2. The summed E-state index contributed by atoms with van der Waals surface area (Å²) in [6.07, 6.45) is -0.334. The third-order valence-electron chi connectivity index (χ3n) is 2.18. The van der Waals surface area contributed by atoms with E-state index in [4.69, 9.17) is 10.2 Å². The van der Waals surface area contributed by atoms with Crippen LogP contribution in [0.1, 0.15) is 12.8 Å². The lowest BCUT2D eigenvalue weighted by Crippen LogP contribution is -2.43. The van der Waals surface area contributed by atoms with Gasteiger partial charge in [-0.25, -0.2) is 9.59 Å². The van der Waals surface area contributed by atoms with E-state index >= 15 is 0 Å². The molecule has 7 heteroatoms. The molecule has 0 aromatic carbocycles. The molecule has 0 saturated carbocycles. The number of nitrogens with zero attached hydrogens (tertiary/aromatic N) is 1. The van der Waals surface area contributed by atoms with E-state index in [1.165, 1.54) is 0 Å². The summed E-state index contributed by atoms with van der Waals surface area (Å²) < 4.78 is 0. The minimum atomic E-state index is -1.17. The van der Waals surface area contributed by atoms with Crippen LogP contribution in [0.4, 0.5) is 4.79 Å². The molecule has 2 amide bonds. The van der Waals surface area contributed by atoms with Crippen molar-refractivity contribution in [3.63, 3.8) is 0 Å². The molecule has 0 bridgehead atoms. The molecule has 3 N–H and O–H groups in total. The van der Waals surface area contributed by atoms with Crippen LogP contribution in [-0.2, 0) is 9.59 Å². The van der Waals surface area contributed by atoms with Gasteiger partial charge >= 0.3 is 18.0 Å². The second-order valence-corrected chi connectivity index (χ2v) is 3.21. The molecular formula is C8H12N2O5. The van der Waals surface area contributed by atoms with Crippen LogP contribution in [0.2, 0.25) is 0 Å². The first-order chi connectivity index (χ1) is 7.02. The normalized spacial score (nSPS) is 17.3. The van der Waals surface area contributed by atoms with Gasteiger partial charge in [0.2, 0.25) is 0 Å². The molecule has 0 aliphatic carbocycles. The number of carbonyl (C=O) groups is 3. The van der Waals surface area contributed by atoms with Crippen LogP contribution in [0.5, 0.6) is 0 Å². The van der Waals surface area contributed by atoms with Crippen molar-refractivity contribution in [3.8, 4) is 0 Å². The zero-order chi connectivity index (χ0) is 11.4. The van der Waals surface area contributed by atoms with Crippen molar-refractivity contribution in [1.82, 2.24) is 10.2 Å². The van der Waals surface area contributed by atoms with Crippen LogP contribution < -0.4 is 5.32 Å². The largest absolute Gasteiger partial charge is 0.481 e. The predicted molar refractivity (Wildman–Crippen MR) is 48.4 cm³/mol. The van der Waals surface area contributed by atoms with Crippen molar-refractivity contribution in [2.24, 2.45) is 0 Å². The molecule has 15 heavy (non-hydrogen) atoms. The number of carboxylic acid groups (broad SMARTS) is 2. The van der Waals surface area contributed by atoms with E-state index in [2.05, 4.69) is 5.32 Å². The average Bonchev–Trinajstić information content (AvgIpc) is 2.51. The molecule has 84 valence electrons. The lowest BCUT2D eigenvalue weighted by atomic mass is 10.1. The second kappa shape index (κ2) is 4.63. The van der Waals surface area contributed by atoms with Gasteiger partial charge in [0.1, 0.15) is 6.04 Å². The van der Waals surface area contributed by atoms with Gasteiger partial charge in [-0.3, -0.25) is 4.79 Å². The molecule has 1 fully saturated rings. The zero-order valence-electron chi connectivity index (χ0n) is 7.97. The summed E-state index contributed by atoms with van der Waals surface area (Å²) in [7, 11) is 0. The Hall–Kier alpha value is -1.79. The van der Waals surface area contributed by atoms with Crippen molar-refractivity contribution < 1.29 is 24.6 Å². The van der Waals surface area contributed by atoms with E-state index in [-0.39, 0.29) is 12.8 Å². The molecule has 1 saturated heterocycles. The topological polar surface area (TPSA) is 107 Å². The Morgan fingerprint density at radius 1 is 1.47 bits per heavy atom. The van der Waals surface area contributed by atoms with Crippen molar-refractivity contribution >= 4 is 18.0 Å². The molecule has 1 aliphatic heterocycles. The first-order valence-corrected chi connectivity index (χ1v) is 4.51. The van der Waals surface area contributed by atoms with Crippen LogP contribution in [0.25, 0.3) is 0 Å². The monoisotopic (exact) mass is 216 g/mol. The maximum Gasteiger partial charge on any atom is 0.326 e. The van der Waals surface area contributed by atoms with Crippen molar-refractivity contribution in [3.05, 3.63) is 0 Å². The highest BCUT2D eigenvalue weighted by Gasteiger charge is 2.32. The minimum Gasteiger partial charge on any atom is -0.481 e. The summed E-state index contributed by atoms with van der Waals surface area (Å²) in [5, 5.41) is 19.8. The molecule has 0 spiro atoms. The van der Waals surface area contributed by atoms with E-state index in [1.54, 1.807) is 0 Å². The van der Waals surface area contributed by atoms with Crippen LogP contribution >= 0.6 is 0 Å². The average molecular weight is 216 g/mol. The summed E-state index contributed by atoms with van der Waals surface area (Å²) in [4.78, 5) is 33.5. The maximum atomic E-state index is 11.2. The van der Waals surface area contributed by atoms with E-state index in [0.717, 1.165) is 4.90 Å². The molecule has 1 heterocycles. The SMILES string of the molecule is O=C(O)CCC(C(=O)O)N1CCNC1=O. The second-order valence-electron chi connectivity index (χ2n) is 3.21. The van der Waals surface area contributed by atoms with Gasteiger partial charge in [-0.05, 0) is 6.42 Å². The Kier molecular flexibility index (Phi) is 3.48. The van der Waals surface area contributed by atoms with Gasteiger partial charge in [-0.2, -0.15) is 0 Å². The standard InChI is InChI=1S/C8H12N2O5/c11-6(12)2-1-5(7(13)14)10-4-3-9-8(10)15/h5H,1-4H2,(H,9,15)(H,11,12)(H,13,14). The van der Waals surface area contributed by atoms with E-state index < -0.39 is 24.0 Å². The van der Waals surface area contributed by atoms with Gasteiger partial charge < -0.3 is 20.4 Å².